The van der Waals surface area contributed by atoms with Gasteiger partial charge in [0.15, 0.2) is 0 Å². The molecule has 0 aliphatic carbocycles. The summed E-state index contributed by atoms with van der Waals surface area (Å²) >= 11 is 0. The van der Waals surface area contributed by atoms with Crippen LogP contribution in [0.15, 0.2) is 0 Å². The van der Waals surface area contributed by atoms with Gasteiger partial charge in [-0.3, -0.25) is 14.6 Å². The number of hydrogen-bond donors (Lipinski definition) is 1. The second-order valence-corrected chi connectivity index (χ2v) is 5.19. The zero-order valence-corrected chi connectivity index (χ0v) is 11.4. The van der Waals surface area contributed by atoms with Gasteiger partial charge in [0.25, 0.3) is 0 Å². The molecule has 0 radical (unpaired) electrons. The normalized spacial score (nSPS) is 25.1. The topological polar surface area (TPSA) is 44.8 Å². The lowest BCUT2D eigenvalue weighted by molar-refractivity contribution is -0.122. The van der Waals surface area contributed by atoms with Crippen molar-refractivity contribution in [2.75, 3.05) is 52.4 Å². The molecule has 5 heteroatoms. The number of hydrogen-bond acceptors (Lipinski definition) is 4. The van der Waals surface area contributed by atoms with Crippen LogP contribution in [0, 0.1) is 12.3 Å². The summed E-state index contributed by atoms with van der Waals surface area (Å²) in [5, 5.41) is 2.70. The number of piperazine rings is 1. The number of amides is 1. The Balaban J connectivity index is 1.62. The van der Waals surface area contributed by atoms with Crippen LogP contribution in [0.25, 0.3) is 0 Å². The van der Waals surface area contributed by atoms with Crippen LogP contribution in [0.4, 0.5) is 0 Å². The molecule has 2 aliphatic rings. The Labute approximate surface area is 115 Å². The SMILES string of the molecule is C#CCNC(=O)CN1CCN(C[C@@H]2CCCO2)CC1. The van der Waals surface area contributed by atoms with E-state index in [1.54, 1.807) is 0 Å². The van der Waals surface area contributed by atoms with Crippen molar-refractivity contribution in [3.63, 3.8) is 0 Å². The van der Waals surface area contributed by atoms with Crippen molar-refractivity contribution in [3.05, 3.63) is 0 Å². The van der Waals surface area contributed by atoms with Crippen molar-refractivity contribution in [3.8, 4) is 12.3 Å². The molecule has 0 spiro atoms. The second-order valence-electron chi connectivity index (χ2n) is 5.19. The molecule has 2 rings (SSSR count). The van der Waals surface area contributed by atoms with Crippen molar-refractivity contribution in [2.24, 2.45) is 0 Å². The first-order valence-electron chi connectivity index (χ1n) is 7.04. The van der Waals surface area contributed by atoms with Gasteiger partial charge in [0.1, 0.15) is 0 Å². The van der Waals surface area contributed by atoms with Gasteiger partial charge >= 0.3 is 0 Å². The van der Waals surface area contributed by atoms with Gasteiger partial charge in [-0.2, -0.15) is 0 Å². The van der Waals surface area contributed by atoms with Crippen LogP contribution >= 0.6 is 0 Å². The standard InChI is InChI=1S/C14H23N3O2/c1-2-5-15-14(18)12-17-8-6-16(7-9-17)11-13-4-3-10-19-13/h1,13H,3-12H2,(H,15,18)/t13-/m0/s1. The quantitative estimate of drug-likeness (QED) is 0.683. The first-order valence-corrected chi connectivity index (χ1v) is 7.04. The van der Waals surface area contributed by atoms with Gasteiger partial charge < -0.3 is 10.1 Å². The summed E-state index contributed by atoms with van der Waals surface area (Å²) in [6.07, 6.45) is 7.91. The predicted molar refractivity (Wildman–Crippen MR) is 73.7 cm³/mol. The fourth-order valence-electron chi connectivity index (χ4n) is 2.61. The highest BCUT2D eigenvalue weighted by molar-refractivity contribution is 5.78. The van der Waals surface area contributed by atoms with E-state index in [1.165, 1.54) is 12.8 Å². The molecule has 0 saturated carbocycles. The van der Waals surface area contributed by atoms with E-state index in [2.05, 4.69) is 21.0 Å². The van der Waals surface area contributed by atoms with Crippen molar-refractivity contribution in [1.29, 1.82) is 0 Å². The highest BCUT2D eigenvalue weighted by Gasteiger charge is 2.23. The lowest BCUT2D eigenvalue weighted by Crippen LogP contribution is -2.50. The molecule has 106 valence electrons. The van der Waals surface area contributed by atoms with Gasteiger partial charge in [-0.05, 0) is 12.8 Å². The largest absolute Gasteiger partial charge is 0.377 e. The maximum atomic E-state index is 11.5. The third-order valence-electron chi connectivity index (χ3n) is 3.71. The van der Waals surface area contributed by atoms with Gasteiger partial charge in [0, 0.05) is 39.3 Å². The molecule has 19 heavy (non-hydrogen) atoms. The molecule has 2 heterocycles. The number of ether oxygens (including phenoxy) is 1. The Morgan fingerprint density at radius 2 is 2.05 bits per heavy atom. The number of nitrogens with zero attached hydrogens (tertiary/aromatic N) is 2. The molecule has 2 fully saturated rings. The van der Waals surface area contributed by atoms with Gasteiger partial charge in [-0.15, -0.1) is 6.42 Å². The third kappa shape index (κ3) is 4.83. The molecular formula is C14H23N3O2. The van der Waals surface area contributed by atoms with Gasteiger partial charge in [0.05, 0.1) is 19.2 Å². The van der Waals surface area contributed by atoms with E-state index in [0.717, 1.165) is 39.3 Å². The van der Waals surface area contributed by atoms with Crippen molar-refractivity contribution in [1.82, 2.24) is 15.1 Å². The van der Waals surface area contributed by atoms with E-state index in [0.29, 0.717) is 19.2 Å². The molecular weight excluding hydrogens is 242 g/mol. The Morgan fingerprint density at radius 3 is 2.68 bits per heavy atom. The smallest absolute Gasteiger partial charge is 0.234 e. The van der Waals surface area contributed by atoms with E-state index >= 15 is 0 Å². The van der Waals surface area contributed by atoms with Crippen LogP contribution in [0.5, 0.6) is 0 Å². The number of terminal acetylenes is 1. The summed E-state index contributed by atoms with van der Waals surface area (Å²) in [6, 6.07) is 0. The van der Waals surface area contributed by atoms with Crippen LogP contribution in [-0.4, -0.2) is 74.2 Å². The fourth-order valence-corrected chi connectivity index (χ4v) is 2.61. The molecule has 1 amide bonds. The minimum atomic E-state index is 0.0190. The van der Waals surface area contributed by atoms with E-state index in [1.807, 2.05) is 0 Å². The zero-order chi connectivity index (χ0) is 13.5. The minimum absolute atomic E-state index is 0.0190. The molecule has 5 nitrogen and oxygen atoms in total. The van der Waals surface area contributed by atoms with E-state index in [9.17, 15) is 4.79 Å². The van der Waals surface area contributed by atoms with Gasteiger partial charge in [-0.1, -0.05) is 5.92 Å². The number of rotatable bonds is 5. The summed E-state index contributed by atoms with van der Waals surface area (Å²) in [5.41, 5.74) is 0. The Bertz CT molecular complexity index is 326. The molecule has 1 N–H and O–H groups in total. The summed E-state index contributed by atoms with van der Waals surface area (Å²) < 4.78 is 5.65. The summed E-state index contributed by atoms with van der Waals surface area (Å²) in [4.78, 5) is 16.2. The molecule has 0 aromatic carbocycles. The average molecular weight is 265 g/mol. The fraction of sp³-hybridized carbons (Fsp3) is 0.786. The lowest BCUT2D eigenvalue weighted by atomic mass is 10.2. The van der Waals surface area contributed by atoms with Crippen LogP contribution < -0.4 is 5.32 Å². The predicted octanol–water partition coefficient (Wildman–Crippen LogP) is -0.468. The zero-order valence-electron chi connectivity index (χ0n) is 11.4. The molecule has 2 saturated heterocycles. The summed E-state index contributed by atoms with van der Waals surface area (Å²) in [7, 11) is 0. The van der Waals surface area contributed by atoms with E-state index < -0.39 is 0 Å². The molecule has 0 aromatic heterocycles. The molecule has 0 unspecified atom stereocenters. The number of carbonyl (C=O) groups excluding carboxylic acids is 1. The van der Waals surface area contributed by atoms with Gasteiger partial charge in [-0.25, -0.2) is 0 Å². The monoisotopic (exact) mass is 265 g/mol. The first kappa shape index (κ1) is 14.3. The Hall–Kier alpha value is -1.09. The van der Waals surface area contributed by atoms with Gasteiger partial charge in [0.2, 0.25) is 5.91 Å². The van der Waals surface area contributed by atoms with Crippen LogP contribution in [0.3, 0.4) is 0 Å². The average Bonchev–Trinajstić information content (AvgIpc) is 2.91. The molecule has 0 bridgehead atoms. The third-order valence-corrected chi connectivity index (χ3v) is 3.71. The summed E-state index contributed by atoms with van der Waals surface area (Å²) in [6.45, 7) is 6.64. The molecule has 2 aliphatic heterocycles. The van der Waals surface area contributed by atoms with Crippen LogP contribution in [0.2, 0.25) is 0 Å². The Kier molecular flexibility index (Phi) is 5.64. The van der Waals surface area contributed by atoms with Crippen molar-refractivity contribution >= 4 is 5.91 Å². The van der Waals surface area contributed by atoms with E-state index in [-0.39, 0.29) is 5.91 Å². The number of nitrogens with one attached hydrogen (secondary N) is 1. The second kappa shape index (κ2) is 7.49. The molecule has 0 aromatic rings. The highest BCUT2D eigenvalue weighted by atomic mass is 16.5. The summed E-state index contributed by atoms with van der Waals surface area (Å²) in [5.74, 6) is 2.43. The minimum Gasteiger partial charge on any atom is -0.377 e. The van der Waals surface area contributed by atoms with Crippen LogP contribution in [-0.2, 0) is 9.53 Å². The van der Waals surface area contributed by atoms with E-state index in [4.69, 9.17) is 11.2 Å². The first-order chi connectivity index (χ1) is 9.28. The maximum absolute atomic E-state index is 11.5. The van der Waals surface area contributed by atoms with Crippen molar-refractivity contribution < 1.29 is 9.53 Å². The lowest BCUT2D eigenvalue weighted by Gasteiger charge is -2.35. The Morgan fingerprint density at radius 1 is 1.32 bits per heavy atom. The number of carbonyl (C=O) groups is 1. The highest BCUT2D eigenvalue weighted by Crippen LogP contribution is 2.14. The maximum Gasteiger partial charge on any atom is 0.234 e. The van der Waals surface area contributed by atoms with Crippen LogP contribution in [0.1, 0.15) is 12.8 Å². The van der Waals surface area contributed by atoms with Crippen molar-refractivity contribution in [2.45, 2.75) is 18.9 Å². The molecule has 1 atom stereocenters.